The number of hydrogen-bond acceptors (Lipinski definition) is 5. The van der Waals surface area contributed by atoms with Gasteiger partial charge in [0.1, 0.15) is 17.8 Å². The van der Waals surface area contributed by atoms with Crippen LogP contribution in [0.15, 0.2) is 29.2 Å². The van der Waals surface area contributed by atoms with Gasteiger partial charge in [0.15, 0.2) is 11.6 Å². The zero-order valence-electron chi connectivity index (χ0n) is 21.9. The first-order valence-electron chi connectivity index (χ1n) is 12.4. The molecule has 8 nitrogen and oxygen atoms in total. The van der Waals surface area contributed by atoms with Crippen LogP contribution >= 0.6 is 23.2 Å². The van der Waals surface area contributed by atoms with Crippen LogP contribution in [0, 0.1) is 18.7 Å². The van der Waals surface area contributed by atoms with Crippen molar-refractivity contribution >= 4 is 51.7 Å². The minimum Gasteiger partial charge on any atom is -0.492 e. The first kappa shape index (κ1) is 30.4. The molecule has 1 aliphatic rings. The molecule has 0 radical (unpaired) electrons. The smallest absolute Gasteiger partial charge is 0.406 e. The predicted molar refractivity (Wildman–Crippen MR) is 146 cm³/mol. The van der Waals surface area contributed by atoms with Crippen molar-refractivity contribution in [2.75, 3.05) is 25.1 Å². The number of aliphatic carboxylic acids is 1. The molecule has 4 rings (SSSR count). The van der Waals surface area contributed by atoms with Gasteiger partial charge in [-0.2, -0.15) is 13.2 Å². The second kappa shape index (κ2) is 11.8. The number of fused-ring (bicyclic) bond motifs is 1. The number of amides is 1. The number of rotatable bonds is 7. The summed E-state index contributed by atoms with van der Waals surface area (Å²) in [4.78, 5) is 39.3. The number of anilines is 1. The van der Waals surface area contributed by atoms with Crippen LogP contribution in [0.3, 0.4) is 0 Å². The van der Waals surface area contributed by atoms with Gasteiger partial charge in [-0.15, -0.1) is 0 Å². The number of hydrogen-bond donors (Lipinski definition) is 2. The van der Waals surface area contributed by atoms with Crippen LogP contribution in [0.2, 0.25) is 10.0 Å². The molecule has 0 unspecified atom stereocenters. The summed E-state index contributed by atoms with van der Waals surface area (Å²) in [6.07, 6.45) is -3.64. The summed E-state index contributed by atoms with van der Waals surface area (Å²) in [5.41, 5.74) is -1.04. The standard InChI is InChI=1S/C27H25Cl2F4N3O5/c1-13-7-15(28)8-19(29)17(13)10-34-25(38)18-11-36(12-27(31,32)33)21-16(23(18)37)9-20(30)22(24(21)41-2)35-5-3-14(4-6-35)26(39)40/h7-9,11,14H,3-6,10,12H2,1-2H3,(H,34,38)(H,39,40). The Kier molecular flexibility index (Phi) is 8.74. The van der Waals surface area contributed by atoms with Gasteiger partial charge in [-0.1, -0.05) is 23.2 Å². The number of carbonyl (C=O) groups excluding carboxylic acids is 1. The van der Waals surface area contributed by atoms with E-state index in [-0.39, 0.29) is 54.5 Å². The van der Waals surface area contributed by atoms with E-state index in [2.05, 4.69) is 5.32 Å². The van der Waals surface area contributed by atoms with E-state index >= 15 is 4.39 Å². The first-order chi connectivity index (χ1) is 19.2. The molecule has 2 aromatic carbocycles. The Morgan fingerprint density at radius 1 is 1.17 bits per heavy atom. The summed E-state index contributed by atoms with van der Waals surface area (Å²) in [5.74, 6) is -3.91. The lowest BCUT2D eigenvalue weighted by atomic mass is 9.96. The molecule has 1 saturated heterocycles. The van der Waals surface area contributed by atoms with Crippen molar-refractivity contribution in [3.05, 3.63) is 67.2 Å². The van der Waals surface area contributed by atoms with E-state index in [0.717, 1.165) is 19.4 Å². The summed E-state index contributed by atoms with van der Waals surface area (Å²) >= 11 is 12.2. The summed E-state index contributed by atoms with van der Waals surface area (Å²) in [6, 6.07) is 3.85. The van der Waals surface area contributed by atoms with Crippen LogP contribution in [0.25, 0.3) is 10.9 Å². The van der Waals surface area contributed by atoms with E-state index in [1.165, 1.54) is 11.0 Å². The molecule has 1 fully saturated rings. The molecule has 0 bridgehead atoms. The molecular formula is C27H25Cl2F4N3O5. The van der Waals surface area contributed by atoms with Crippen molar-refractivity contribution in [2.45, 2.75) is 39.0 Å². The van der Waals surface area contributed by atoms with Gasteiger partial charge in [-0.25, -0.2) is 4.39 Å². The number of piperidine rings is 1. The third-order valence-corrected chi connectivity index (χ3v) is 7.57. The highest BCUT2D eigenvalue weighted by Gasteiger charge is 2.33. The molecule has 1 aromatic heterocycles. The van der Waals surface area contributed by atoms with Gasteiger partial charge in [-0.3, -0.25) is 14.4 Å². The average Bonchev–Trinajstić information content (AvgIpc) is 2.88. The number of pyridine rings is 1. The van der Waals surface area contributed by atoms with E-state index in [1.54, 1.807) is 13.0 Å². The number of alkyl halides is 3. The second-order valence-corrected chi connectivity index (χ2v) is 10.6. The van der Waals surface area contributed by atoms with Gasteiger partial charge in [0, 0.05) is 35.9 Å². The molecule has 0 aliphatic carbocycles. The van der Waals surface area contributed by atoms with Gasteiger partial charge in [-0.05, 0) is 49.1 Å². The lowest BCUT2D eigenvalue weighted by Crippen LogP contribution is -2.37. The van der Waals surface area contributed by atoms with Crippen LogP contribution in [0.1, 0.15) is 34.3 Å². The van der Waals surface area contributed by atoms with Crippen LogP contribution in [-0.4, -0.2) is 47.9 Å². The molecule has 0 spiro atoms. The Balaban J connectivity index is 1.81. The number of nitrogens with one attached hydrogen (secondary N) is 1. The minimum absolute atomic E-state index is 0.104. The molecule has 2 heterocycles. The quantitative estimate of drug-likeness (QED) is 0.337. The van der Waals surface area contributed by atoms with Crippen molar-refractivity contribution in [3.63, 3.8) is 0 Å². The van der Waals surface area contributed by atoms with E-state index < -0.39 is 52.7 Å². The van der Waals surface area contributed by atoms with E-state index in [0.29, 0.717) is 20.7 Å². The van der Waals surface area contributed by atoms with Crippen LogP contribution in [0.5, 0.6) is 5.75 Å². The molecule has 2 N–H and O–H groups in total. The molecular weight excluding hydrogens is 593 g/mol. The van der Waals surface area contributed by atoms with Crippen LogP contribution < -0.4 is 20.4 Å². The van der Waals surface area contributed by atoms with Gasteiger partial charge in [0.2, 0.25) is 5.43 Å². The Hall–Kier alpha value is -3.51. The minimum atomic E-state index is -4.77. The van der Waals surface area contributed by atoms with Crippen molar-refractivity contribution in [1.82, 2.24) is 9.88 Å². The number of carbonyl (C=O) groups is 2. The Labute approximate surface area is 241 Å². The lowest BCUT2D eigenvalue weighted by molar-refractivity contribution is -0.142. The van der Waals surface area contributed by atoms with Gasteiger partial charge in [0.25, 0.3) is 5.91 Å². The summed E-state index contributed by atoms with van der Waals surface area (Å²) in [5, 5.41) is 11.9. The van der Waals surface area contributed by atoms with Crippen LogP contribution in [0.4, 0.5) is 23.2 Å². The summed E-state index contributed by atoms with van der Waals surface area (Å²) in [7, 11) is 1.13. The Morgan fingerprint density at radius 2 is 1.83 bits per heavy atom. The molecule has 220 valence electrons. The third-order valence-electron chi connectivity index (χ3n) is 7.01. The molecule has 41 heavy (non-hydrogen) atoms. The lowest BCUT2D eigenvalue weighted by Gasteiger charge is -2.33. The molecule has 1 amide bonds. The number of halogens is 6. The molecule has 14 heteroatoms. The first-order valence-corrected chi connectivity index (χ1v) is 13.2. The maximum absolute atomic E-state index is 15.5. The highest BCUT2D eigenvalue weighted by atomic mass is 35.5. The topological polar surface area (TPSA) is 101 Å². The van der Waals surface area contributed by atoms with Crippen LogP contribution in [-0.2, 0) is 17.9 Å². The fraction of sp³-hybridized carbons (Fsp3) is 0.370. The van der Waals surface area contributed by atoms with E-state index in [4.69, 9.17) is 27.9 Å². The fourth-order valence-electron chi connectivity index (χ4n) is 5.03. The molecule has 1 aliphatic heterocycles. The normalized spacial score (nSPS) is 14.4. The van der Waals surface area contributed by atoms with Crippen molar-refractivity contribution in [1.29, 1.82) is 0 Å². The number of carboxylic acid groups (broad SMARTS) is 1. The second-order valence-electron chi connectivity index (χ2n) is 9.72. The molecule has 3 aromatic rings. The average molecular weight is 618 g/mol. The largest absolute Gasteiger partial charge is 0.492 e. The number of aromatic nitrogens is 1. The highest BCUT2D eigenvalue weighted by Crippen LogP contribution is 2.40. The summed E-state index contributed by atoms with van der Waals surface area (Å²) in [6.45, 7) is 0.149. The van der Waals surface area contributed by atoms with Crippen molar-refractivity contribution < 1.29 is 37.0 Å². The molecule has 0 saturated carbocycles. The number of methoxy groups -OCH3 is 1. The maximum Gasteiger partial charge on any atom is 0.406 e. The number of ether oxygens (including phenoxy) is 1. The predicted octanol–water partition coefficient (Wildman–Crippen LogP) is 5.56. The van der Waals surface area contributed by atoms with E-state index in [9.17, 15) is 32.7 Å². The van der Waals surface area contributed by atoms with Gasteiger partial charge >= 0.3 is 12.1 Å². The third kappa shape index (κ3) is 6.38. The maximum atomic E-state index is 15.5. The van der Waals surface area contributed by atoms with Crippen molar-refractivity contribution in [3.8, 4) is 5.75 Å². The van der Waals surface area contributed by atoms with Crippen molar-refractivity contribution in [2.24, 2.45) is 5.92 Å². The number of carboxylic acids is 1. The number of nitrogens with zero attached hydrogens (tertiary/aromatic N) is 2. The van der Waals surface area contributed by atoms with Gasteiger partial charge < -0.3 is 24.6 Å². The Bertz CT molecular complexity index is 1560. The number of aryl methyl sites for hydroxylation is 1. The number of benzene rings is 2. The fourth-order valence-corrected chi connectivity index (χ4v) is 5.69. The monoisotopic (exact) mass is 617 g/mol. The highest BCUT2D eigenvalue weighted by molar-refractivity contribution is 6.35. The van der Waals surface area contributed by atoms with E-state index in [1.807, 2.05) is 0 Å². The molecule has 0 atom stereocenters. The Morgan fingerprint density at radius 3 is 2.39 bits per heavy atom. The SMILES string of the molecule is COc1c(N2CCC(C(=O)O)CC2)c(F)cc2c(=O)c(C(=O)NCc3c(C)cc(Cl)cc3Cl)cn(CC(F)(F)F)c12. The zero-order valence-corrected chi connectivity index (χ0v) is 23.4. The summed E-state index contributed by atoms with van der Waals surface area (Å²) < 4.78 is 62.6. The zero-order chi connectivity index (χ0) is 30.2. The van der Waals surface area contributed by atoms with Gasteiger partial charge in [0.05, 0.1) is 23.9 Å².